The fraction of sp³-hybridized carbons (Fsp3) is 0.278. The molecule has 5 heteroatoms. The van der Waals surface area contributed by atoms with Crippen molar-refractivity contribution in [3.8, 4) is 0 Å². The highest BCUT2D eigenvalue weighted by molar-refractivity contribution is 5.85. The van der Waals surface area contributed by atoms with Crippen molar-refractivity contribution in [2.45, 2.75) is 32.9 Å². The van der Waals surface area contributed by atoms with Crippen LogP contribution in [-0.2, 0) is 11.3 Å². The van der Waals surface area contributed by atoms with Gasteiger partial charge in [-0.05, 0) is 62.7 Å². The minimum atomic E-state index is -0.527. The summed E-state index contributed by atoms with van der Waals surface area (Å²) in [7, 11) is 0. The molecule has 2 aromatic rings. The molecule has 0 heterocycles. The Kier molecular flexibility index (Phi) is 5.21. The van der Waals surface area contributed by atoms with E-state index in [1.54, 1.807) is 24.3 Å². The van der Waals surface area contributed by atoms with Gasteiger partial charge >= 0.3 is 6.09 Å². The monoisotopic (exact) mass is 316 g/mol. The lowest BCUT2D eigenvalue weighted by Gasteiger charge is -2.19. The summed E-state index contributed by atoms with van der Waals surface area (Å²) in [6.07, 6.45) is -0.482. The van der Waals surface area contributed by atoms with Crippen molar-refractivity contribution in [3.63, 3.8) is 0 Å². The fourth-order valence-corrected chi connectivity index (χ4v) is 1.90. The number of nitrogens with one attached hydrogen (secondary N) is 2. The van der Waals surface area contributed by atoms with E-state index in [2.05, 4.69) is 10.6 Å². The van der Waals surface area contributed by atoms with E-state index in [0.717, 1.165) is 11.3 Å². The number of benzene rings is 2. The van der Waals surface area contributed by atoms with Crippen molar-refractivity contribution in [3.05, 3.63) is 59.9 Å². The number of carbonyl (C=O) groups is 1. The minimum Gasteiger partial charge on any atom is -0.444 e. The first kappa shape index (κ1) is 16.8. The van der Waals surface area contributed by atoms with Crippen LogP contribution in [-0.4, -0.2) is 11.7 Å². The third-order valence-corrected chi connectivity index (χ3v) is 2.94. The number of hydrogen-bond acceptors (Lipinski definition) is 3. The Morgan fingerprint density at radius 2 is 1.57 bits per heavy atom. The average molecular weight is 316 g/mol. The summed E-state index contributed by atoms with van der Waals surface area (Å²) in [5.74, 6) is -0.244. The molecule has 2 N–H and O–H groups in total. The largest absolute Gasteiger partial charge is 0.444 e. The number of carbonyl (C=O) groups excluding carboxylic acids is 1. The lowest BCUT2D eigenvalue weighted by Crippen LogP contribution is -2.27. The van der Waals surface area contributed by atoms with E-state index in [0.29, 0.717) is 12.2 Å². The molecule has 0 spiro atoms. The highest BCUT2D eigenvalue weighted by Crippen LogP contribution is 2.16. The maximum absolute atomic E-state index is 12.8. The average Bonchev–Trinajstić information content (AvgIpc) is 2.46. The van der Waals surface area contributed by atoms with Gasteiger partial charge in [0.15, 0.2) is 0 Å². The number of halogens is 1. The Morgan fingerprint density at radius 1 is 1.00 bits per heavy atom. The first-order valence-corrected chi connectivity index (χ1v) is 7.40. The van der Waals surface area contributed by atoms with E-state index in [4.69, 9.17) is 4.74 Å². The zero-order valence-electron chi connectivity index (χ0n) is 13.5. The molecule has 0 aliphatic carbocycles. The van der Waals surface area contributed by atoms with E-state index < -0.39 is 11.7 Å². The van der Waals surface area contributed by atoms with Crippen LogP contribution in [0.3, 0.4) is 0 Å². The van der Waals surface area contributed by atoms with Gasteiger partial charge in [-0.1, -0.05) is 12.1 Å². The Hall–Kier alpha value is -2.56. The number of rotatable bonds is 4. The van der Waals surface area contributed by atoms with Gasteiger partial charge in [-0.15, -0.1) is 0 Å². The van der Waals surface area contributed by atoms with Gasteiger partial charge in [-0.25, -0.2) is 9.18 Å². The van der Waals surface area contributed by atoms with Gasteiger partial charge in [0.25, 0.3) is 0 Å². The Balaban J connectivity index is 1.87. The zero-order valence-corrected chi connectivity index (χ0v) is 13.5. The van der Waals surface area contributed by atoms with Gasteiger partial charge in [-0.3, -0.25) is 5.32 Å². The summed E-state index contributed by atoms with van der Waals surface area (Å²) in [4.78, 5) is 11.7. The topological polar surface area (TPSA) is 50.4 Å². The van der Waals surface area contributed by atoms with E-state index in [9.17, 15) is 9.18 Å². The second-order valence-corrected chi connectivity index (χ2v) is 6.18. The molecule has 2 rings (SSSR count). The molecule has 0 unspecified atom stereocenters. The molecule has 0 fully saturated rings. The number of anilines is 2. The lowest BCUT2D eigenvalue weighted by atomic mass is 10.2. The Bertz CT molecular complexity index is 646. The predicted octanol–water partition coefficient (Wildman–Crippen LogP) is 4.78. The van der Waals surface area contributed by atoms with Crippen LogP contribution < -0.4 is 10.6 Å². The molecule has 0 saturated heterocycles. The molecular formula is C18H21FN2O2. The van der Waals surface area contributed by atoms with Gasteiger partial charge < -0.3 is 10.1 Å². The maximum atomic E-state index is 12.8. The Labute approximate surface area is 135 Å². The second kappa shape index (κ2) is 7.13. The van der Waals surface area contributed by atoms with Crippen molar-refractivity contribution in [2.75, 3.05) is 10.6 Å². The molecule has 23 heavy (non-hydrogen) atoms. The normalized spacial score (nSPS) is 11.0. The fourth-order valence-electron chi connectivity index (χ4n) is 1.90. The van der Waals surface area contributed by atoms with Crippen LogP contribution in [0.25, 0.3) is 0 Å². The summed E-state index contributed by atoms with van der Waals surface area (Å²) in [5, 5.41) is 5.91. The molecule has 0 atom stereocenters. The molecule has 0 saturated carbocycles. The third kappa shape index (κ3) is 5.98. The second-order valence-electron chi connectivity index (χ2n) is 6.18. The van der Waals surface area contributed by atoms with Crippen LogP contribution in [0.4, 0.5) is 20.6 Å². The first-order valence-electron chi connectivity index (χ1n) is 7.40. The number of ether oxygens (including phenoxy) is 1. The summed E-state index contributed by atoms with van der Waals surface area (Å²) in [6.45, 7) is 6.04. The first-order chi connectivity index (χ1) is 10.8. The SMILES string of the molecule is CC(C)(C)OC(=O)Nc1ccc(NCc2ccc(F)cc2)cc1. The van der Waals surface area contributed by atoms with Gasteiger partial charge in [0.2, 0.25) is 0 Å². The molecule has 0 aliphatic rings. The molecule has 2 aromatic carbocycles. The van der Waals surface area contributed by atoms with Crippen molar-refractivity contribution in [1.82, 2.24) is 0 Å². The highest BCUT2D eigenvalue weighted by Gasteiger charge is 2.15. The molecule has 0 aromatic heterocycles. The van der Waals surface area contributed by atoms with Gasteiger partial charge in [0, 0.05) is 17.9 Å². The van der Waals surface area contributed by atoms with Gasteiger partial charge in [-0.2, -0.15) is 0 Å². The van der Waals surface area contributed by atoms with Crippen LogP contribution >= 0.6 is 0 Å². The number of hydrogen-bond donors (Lipinski definition) is 2. The summed E-state index contributed by atoms with van der Waals surface area (Å²) in [5.41, 5.74) is 2.03. The quantitative estimate of drug-likeness (QED) is 0.853. The Morgan fingerprint density at radius 3 is 2.13 bits per heavy atom. The summed E-state index contributed by atoms with van der Waals surface area (Å²) < 4.78 is 18.0. The molecular weight excluding hydrogens is 295 g/mol. The molecule has 122 valence electrons. The standard InChI is InChI=1S/C18H21FN2O2/c1-18(2,3)23-17(22)21-16-10-8-15(9-11-16)20-12-13-4-6-14(19)7-5-13/h4-11,20H,12H2,1-3H3,(H,21,22). The van der Waals surface area contributed by atoms with E-state index in [-0.39, 0.29) is 5.82 Å². The molecule has 4 nitrogen and oxygen atoms in total. The van der Waals surface area contributed by atoms with Crippen LogP contribution in [0.2, 0.25) is 0 Å². The van der Waals surface area contributed by atoms with Crippen molar-refractivity contribution in [1.29, 1.82) is 0 Å². The van der Waals surface area contributed by atoms with Gasteiger partial charge in [0.1, 0.15) is 11.4 Å². The van der Waals surface area contributed by atoms with Crippen LogP contribution in [0.15, 0.2) is 48.5 Å². The molecule has 1 amide bonds. The zero-order chi connectivity index (χ0) is 16.9. The van der Waals surface area contributed by atoms with Crippen LogP contribution in [0.1, 0.15) is 26.3 Å². The van der Waals surface area contributed by atoms with Gasteiger partial charge in [0.05, 0.1) is 0 Å². The predicted molar refractivity (Wildman–Crippen MR) is 90.0 cm³/mol. The smallest absolute Gasteiger partial charge is 0.412 e. The number of amides is 1. The van der Waals surface area contributed by atoms with Crippen LogP contribution in [0.5, 0.6) is 0 Å². The van der Waals surface area contributed by atoms with Crippen molar-refractivity contribution >= 4 is 17.5 Å². The molecule has 0 bridgehead atoms. The van der Waals surface area contributed by atoms with E-state index >= 15 is 0 Å². The van der Waals surface area contributed by atoms with E-state index in [1.165, 1.54) is 12.1 Å². The summed E-state index contributed by atoms with van der Waals surface area (Å²) >= 11 is 0. The highest BCUT2D eigenvalue weighted by atomic mass is 19.1. The maximum Gasteiger partial charge on any atom is 0.412 e. The molecule has 0 radical (unpaired) electrons. The molecule has 0 aliphatic heterocycles. The van der Waals surface area contributed by atoms with Crippen LogP contribution in [0, 0.1) is 5.82 Å². The lowest BCUT2D eigenvalue weighted by molar-refractivity contribution is 0.0636. The van der Waals surface area contributed by atoms with Crippen molar-refractivity contribution in [2.24, 2.45) is 0 Å². The summed E-state index contributed by atoms with van der Waals surface area (Å²) in [6, 6.07) is 13.6. The minimum absolute atomic E-state index is 0.244. The van der Waals surface area contributed by atoms with Crippen molar-refractivity contribution < 1.29 is 13.9 Å². The third-order valence-electron chi connectivity index (χ3n) is 2.94. The van der Waals surface area contributed by atoms with E-state index in [1.807, 2.05) is 32.9 Å².